The zero-order valence-corrected chi connectivity index (χ0v) is 10.2. The van der Waals surface area contributed by atoms with Crippen LogP contribution >= 0.6 is 0 Å². The SMILES string of the molecule is CCc1c(CNC2CC2)oc2c(F)ccc(F)c12. The van der Waals surface area contributed by atoms with Gasteiger partial charge in [-0.05, 0) is 31.4 Å². The topological polar surface area (TPSA) is 25.2 Å². The van der Waals surface area contributed by atoms with Crippen LogP contribution in [-0.2, 0) is 13.0 Å². The highest BCUT2D eigenvalue weighted by molar-refractivity contribution is 5.83. The molecule has 96 valence electrons. The number of fused-ring (bicyclic) bond motifs is 1. The highest BCUT2D eigenvalue weighted by Crippen LogP contribution is 2.31. The van der Waals surface area contributed by atoms with Crippen molar-refractivity contribution in [2.75, 3.05) is 0 Å². The molecule has 0 amide bonds. The molecule has 0 spiro atoms. The van der Waals surface area contributed by atoms with Crippen molar-refractivity contribution in [2.45, 2.75) is 38.8 Å². The second-order valence-electron chi connectivity index (χ2n) is 4.75. The Labute approximate surface area is 104 Å². The van der Waals surface area contributed by atoms with Crippen LogP contribution in [0.25, 0.3) is 11.0 Å². The van der Waals surface area contributed by atoms with Gasteiger partial charge in [-0.2, -0.15) is 0 Å². The first-order valence-corrected chi connectivity index (χ1v) is 6.32. The number of aryl methyl sites for hydroxylation is 1. The molecule has 1 aromatic carbocycles. The molecule has 0 atom stereocenters. The Bertz CT molecular complexity index is 587. The summed E-state index contributed by atoms with van der Waals surface area (Å²) in [5, 5.41) is 3.61. The molecule has 1 aliphatic rings. The van der Waals surface area contributed by atoms with Gasteiger partial charge >= 0.3 is 0 Å². The maximum atomic E-state index is 13.8. The largest absolute Gasteiger partial charge is 0.456 e. The highest BCUT2D eigenvalue weighted by atomic mass is 19.1. The van der Waals surface area contributed by atoms with Crippen LogP contribution in [0.15, 0.2) is 16.5 Å². The summed E-state index contributed by atoms with van der Waals surface area (Å²) in [6.45, 7) is 2.47. The molecule has 0 unspecified atom stereocenters. The van der Waals surface area contributed by atoms with Gasteiger partial charge < -0.3 is 9.73 Å². The average Bonchev–Trinajstić information content (AvgIpc) is 3.11. The molecule has 0 aliphatic heterocycles. The molecule has 18 heavy (non-hydrogen) atoms. The van der Waals surface area contributed by atoms with Crippen LogP contribution in [0.3, 0.4) is 0 Å². The normalized spacial score (nSPS) is 15.5. The molecule has 0 saturated heterocycles. The third-order valence-electron chi connectivity index (χ3n) is 3.40. The van der Waals surface area contributed by atoms with Gasteiger partial charge in [-0.25, -0.2) is 8.78 Å². The molecule has 3 rings (SSSR count). The maximum absolute atomic E-state index is 13.8. The third-order valence-corrected chi connectivity index (χ3v) is 3.40. The fraction of sp³-hybridized carbons (Fsp3) is 0.429. The Morgan fingerprint density at radius 1 is 1.28 bits per heavy atom. The van der Waals surface area contributed by atoms with E-state index in [1.807, 2.05) is 6.92 Å². The van der Waals surface area contributed by atoms with E-state index >= 15 is 0 Å². The van der Waals surface area contributed by atoms with Crippen molar-refractivity contribution in [3.05, 3.63) is 35.1 Å². The lowest BCUT2D eigenvalue weighted by Gasteiger charge is -2.01. The number of hydrogen-bond acceptors (Lipinski definition) is 2. The average molecular weight is 251 g/mol. The van der Waals surface area contributed by atoms with Gasteiger partial charge in [-0.3, -0.25) is 0 Å². The summed E-state index contributed by atoms with van der Waals surface area (Å²) in [5.41, 5.74) is 0.814. The van der Waals surface area contributed by atoms with E-state index in [1.54, 1.807) is 0 Å². The van der Waals surface area contributed by atoms with Gasteiger partial charge in [0.15, 0.2) is 11.4 Å². The second-order valence-corrected chi connectivity index (χ2v) is 4.75. The first-order valence-electron chi connectivity index (χ1n) is 6.32. The second kappa shape index (κ2) is 4.35. The summed E-state index contributed by atoms with van der Waals surface area (Å²) >= 11 is 0. The minimum absolute atomic E-state index is 0.0412. The van der Waals surface area contributed by atoms with Crippen LogP contribution in [0, 0.1) is 11.6 Å². The van der Waals surface area contributed by atoms with Crippen molar-refractivity contribution in [3.8, 4) is 0 Å². The van der Waals surface area contributed by atoms with E-state index < -0.39 is 11.6 Å². The fourth-order valence-corrected chi connectivity index (χ4v) is 2.28. The molecule has 1 aliphatic carbocycles. The molecule has 0 radical (unpaired) electrons. The van der Waals surface area contributed by atoms with E-state index in [0.29, 0.717) is 30.2 Å². The molecule has 2 nitrogen and oxygen atoms in total. The van der Waals surface area contributed by atoms with Crippen molar-refractivity contribution in [1.29, 1.82) is 0 Å². The lowest BCUT2D eigenvalue weighted by atomic mass is 10.1. The van der Waals surface area contributed by atoms with Gasteiger partial charge in [-0.15, -0.1) is 0 Å². The van der Waals surface area contributed by atoms with Crippen LogP contribution in [0.4, 0.5) is 8.78 Å². The summed E-state index contributed by atoms with van der Waals surface area (Å²) in [6.07, 6.45) is 2.98. The molecule has 0 bridgehead atoms. The van der Waals surface area contributed by atoms with E-state index in [9.17, 15) is 8.78 Å². The van der Waals surface area contributed by atoms with E-state index in [2.05, 4.69) is 5.32 Å². The minimum Gasteiger partial charge on any atom is -0.456 e. The van der Waals surface area contributed by atoms with Crippen LogP contribution in [0.5, 0.6) is 0 Å². The number of furan rings is 1. The molecule has 1 N–H and O–H groups in total. The summed E-state index contributed by atoms with van der Waals surface area (Å²) < 4.78 is 32.9. The smallest absolute Gasteiger partial charge is 0.173 e. The van der Waals surface area contributed by atoms with Crippen LogP contribution in [0.1, 0.15) is 31.1 Å². The Balaban J connectivity index is 2.06. The van der Waals surface area contributed by atoms with Crippen molar-refractivity contribution in [1.82, 2.24) is 5.32 Å². The van der Waals surface area contributed by atoms with Gasteiger partial charge in [0.1, 0.15) is 11.6 Å². The molecular weight excluding hydrogens is 236 g/mol. The predicted octanol–water partition coefficient (Wildman–Crippen LogP) is 3.53. The van der Waals surface area contributed by atoms with Gasteiger partial charge in [0, 0.05) is 11.6 Å². The van der Waals surface area contributed by atoms with Gasteiger partial charge in [-0.1, -0.05) is 6.92 Å². The van der Waals surface area contributed by atoms with Crippen molar-refractivity contribution >= 4 is 11.0 Å². The summed E-state index contributed by atoms with van der Waals surface area (Å²) in [7, 11) is 0. The molecule has 1 saturated carbocycles. The van der Waals surface area contributed by atoms with E-state index in [0.717, 1.165) is 17.7 Å². The van der Waals surface area contributed by atoms with E-state index in [4.69, 9.17) is 4.42 Å². The van der Waals surface area contributed by atoms with Gasteiger partial charge in [0.05, 0.1) is 11.9 Å². The number of hydrogen-bond donors (Lipinski definition) is 1. The maximum Gasteiger partial charge on any atom is 0.173 e. The lowest BCUT2D eigenvalue weighted by Crippen LogP contribution is -2.15. The van der Waals surface area contributed by atoms with Crippen molar-refractivity contribution in [3.63, 3.8) is 0 Å². The molecule has 4 heteroatoms. The van der Waals surface area contributed by atoms with Crippen molar-refractivity contribution in [2.24, 2.45) is 0 Å². The van der Waals surface area contributed by atoms with Gasteiger partial charge in [0.2, 0.25) is 0 Å². The molecule has 2 aromatic rings. The van der Waals surface area contributed by atoms with Crippen LogP contribution in [-0.4, -0.2) is 6.04 Å². The first-order chi connectivity index (χ1) is 8.70. The highest BCUT2D eigenvalue weighted by Gasteiger charge is 2.23. The summed E-state index contributed by atoms with van der Waals surface area (Å²) in [4.78, 5) is 0. The number of halogens is 2. The third kappa shape index (κ3) is 1.90. The lowest BCUT2D eigenvalue weighted by molar-refractivity contribution is 0.489. The standard InChI is InChI=1S/C14H15F2NO/c1-2-9-12(7-17-8-3-4-8)18-14-11(16)6-5-10(15)13(9)14/h5-6,8,17H,2-4,7H2,1H3. The Hall–Kier alpha value is -1.42. The summed E-state index contributed by atoms with van der Waals surface area (Å²) in [6, 6.07) is 2.81. The number of benzene rings is 1. The Morgan fingerprint density at radius 2 is 2.00 bits per heavy atom. The molecule has 1 heterocycles. The predicted molar refractivity (Wildman–Crippen MR) is 65.4 cm³/mol. The Kier molecular flexibility index (Phi) is 2.82. The van der Waals surface area contributed by atoms with Gasteiger partial charge in [0.25, 0.3) is 0 Å². The fourth-order valence-electron chi connectivity index (χ4n) is 2.28. The molecule has 1 aromatic heterocycles. The van der Waals surface area contributed by atoms with Crippen LogP contribution < -0.4 is 5.32 Å². The van der Waals surface area contributed by atoms with Crippen LogP contribution in [0.2, 0.25) is 0 Å². The number of nitrogens with one attached hydrogen (secondary N) is 1. The first kappa shape index (κ1) is 11.7. The Morgan fingerprint density at radius 3 is 2.67 bits per heavy atom. The molecular formula is C14H15F2NO. The zero-order valence-electron chi connectivity index (χ0n) is 10.2. The monoisotopic (exact) mass is 251 g/mol. The summed E-state index contributed by atoms with van der Waals surface area (Å²) in [5.74, 6) is -0.258. The zero-order chi connectivity index (χ0) is 12.7. The number of rotatable bonds is 4. The van der Waals surface area contributed by atoms with E-state index in [-0.39, 0.29) is 5.58 Å². The molecule has 1 fully saturated rings. The quantitative estimate of drug-likeness (QED) is 0.899. The minimum atomic E-state index is -0.501. The van der Waals surface area contributed by atoms with E-state index in [1.165, 1.54) is 12.8 Å². The van der Waals surface area contributed by atoms with Crippen molar-refractivity contribution < 1.29 is 13.2 Å².